The van der Waals surface area contributed by atoms with Crippen molar-refractivity contribution in [2.24, 2.45) is 0 Å². The van der Waals surface area contributed by atoms with Crippen molar-refractivity contribution in [2.45, 2.75) is 32.3 Å². The number of aryl methyl sites for hydroxylation is 1. The Balaban J connectivity index is 1.52. The molecule has 132 valence electrons. The molecule has 1 aromatic carbocycles. The van der Waals surface area contributed by atoms with E-state index in [0.29, 0.717) is 24.6 Å². The van der Waals surface area contributed by atoms with Gasteiger partial charge in [-0.15, -0.1) is 0 Å². The van der Waals surface area contributed by atoms with Crippen LogP contribution < -0.4 is 0 Å². The summed E-state index contributed by atoms with van der Waals surface area (Å²) in [5.74, 6) is -0.209. The molecule has 2 N–H and O–H groups in total. The highest BCUT2D eigenvalue weighted by Crippen LogP contribution is 2.27. The molecule has 25 heavy (non-hydrogen) atoms. The molecule has 2 heterocycles. The summed E-state index contributed by atoms with van der Waals surface area (Å²) in [4.78, 5) is 32.2. The zero-order valence-corrected chi connectivity index (χ0v) is 14.1. The molecule has 2 aromatic rings. The van der Waals surface area contributed by atoms with Gasteiger partial charge in [-0.3, -0.25) is 0 Å². The maximum absolute atomic E-state index is 12.2. The van der Waals surface area contributed by atoms with Crippen LogP contribution in [0.1, 0.15) is 46.3 Å². The Morgan fingerprint density at radius 3 is 2.56 bits per heavy atom. The van der Waals surface area contributed by atoms with Gasteiger partial charge in [-0.2, -0.15) is 0 Å². The van der Waals surface area contributed by atoms with Crippen LogP contribution in [0.4, 0.5) is 4.79 Å². The van der Waals surface area contributed by atoms with Crippen molar-refractivity contribution in [1.29, 1.82) is 0 Å². The Labute approximate surface area is 145 Å². The molecule has 7 nitrogen and oxygen atoms in total. The van der Waals surface area contributed by atoms with Crippen LogP contribution in [0.5, 0.6) is 0 Å². The van der Waals surface area contributed by atoms with Crippen LogP contribution >= 0.6 is 0 Å². The smallest absolute Gasteiger partial charge is 0.410 e. The summed E-state index contributed by atoms with van der Waals surface area (Å²) in [5, 5.41) is 9.09. The van der Waals surface area contributed by atoms with Gasteiger partial charge in [0.05, 0.1) is 0 Å². The molecule has 0 unspecified atom stereocenters. The van der Waals surface area contributed by atoms with E-state index in [0.717, 1.165) is 18.4 Å². The molecular weight excluding hydrogens is 322 g/mol. The van der Waals surface area contributed by atoms with Gasteiger partial charge in [-0.1, -0.05) is 30.3 Å². The third kappa shape index (κ3) is 3.99. The molecule has 0 saturated carbocycles. The van der Waals surface area contributed by atoms with Crippen molar-refractivity contribution < 1.29 is 19.4 Å². The first-order chi connectivity index (χ1) is 12.0. The second-order valence-electron chi connectivity index (χ2n) is 6.20. The number of carbonyl (C=O) groups excluding carboxylic acids is 1. The van der Waals surface area contributed by atoms with E-state index in [9.17, 15) is 9.59 Å². The van der Waals surface area contributed by atoms with Crippen LogP contribution in [0.25, 0.3) is 0 Å². The summed E-state index contributed by atoms with van der Waals surface area (Å²) in [6.07, 6.45) is 1.14. The average Bonchev–Trinajstić information content (AvgIpc) is 3.03. The molecule has 1 saturated heterocycles. The fraction of sp³-hybridized carbons (Fsp3) is 0.389. The van der Waals surface area contributed by atoms with Crippen molar-refractivity contribution >= 4 is 12.1 Å². The number of nitrogens with zero attached hydrogens (tertiary/aromatic N) is 2. The number of aromatic amines is 1. The van der Waals surface area contributed by atoms with Crippen molar-refractivity contribution in [3.05, 3.63) is 53.1 Å². The highest BCUT2D eigenvalue weighted by Gasteiger charge is 2.27. The number of aromatic carboxylic acids is 1. The summed E-state index contributed by atoms with van der Waals surface area (Å²) in [6.45, 7) is 3.11. The largest absolute Gasteiger partial charge is 0.476 e. The first-order valence-corrected chi connectivity index (χ1v) is 8.30. The average molecular weight is 343 g/mol. The lowest BCUT2D eigenvalue weighted by molar-refractivity contribution is 0.0690. The first-order valence-electron chi connectivity index (χ1n) is 8.30. The van der Waals surface area contributed by atoms with Gasteiger partial charge in [0.1, 0.15) is 12.4 Å². The lowest BCUT2D eigenvalue weighted by Crippen LogP contribution is -2.38. The molecule has 0 radical (unpaired) electrons. The van der Waals surface area contributed by atoms with E-state index in [1.165, 1.54) is 0 Å². The first kappa shape index (κ1) is 17.0. The van der Waals surface area contributed by atoms with Gasteiger partial charge in [0, 0.05) is 24.7 Å². The quantitative estimate of drug-likeness (QED) is 0.890. The molecule has 1 fully saturated rings. The van der Waals surface area contributed by atoms with Crippen LogP contribution in [0.3, 0.4) is 0 Å². The third-order valence-corrected chi connectivity index (χ3v) is 4.45. The molecule has 0 atom stereocenters. The second kappa shape index (κ2) is 7.38. The van der Waals surface area contributed by atoms with Gasteiger partial charge in [-0.25, -0.2) is 14.6 Å². The van der Waals surface area contributed by atoms with Gasteiger partial charge >= 0.3 is 12.1 Å². The number of likely N-dealkylation sites (tertiary alicyclic amines) is 1. The van der Waals surface area contributed by atoms with Gasteiger partial charge in [0.2, 0.25) is 0 Å². The molecule has 1 aliphatic rings. The summed E-state index contributed by atoms with van der Waals surface area (Å²) in [6, 6.07) is 9.57. The number of carbonyl (C=O) groups is 2. The van der Waals surface area contributed by atoms with E-state index in [4.69, 9.17) is 9.84 Å². The number of hydrogen-bond acceptors (Lipinski definition) is 4. The number of imidazole rings is 1. The Hall–Kier alpha value is -2.83. The van der Waals surface area contributed by atoms with Gasteiger partial charge in [0.15, 0.2) is 5.69 Å². The molecule has 0 spiro atoms. The maximum Gasteiger partial charge on any atom is 0.410 e. The minimum absolute atomic E-state index is 0.0692. The Bertz CT molecular complexity index is 749. The molecule has 1 aliphatic heterocycles. The lowest BCUT2D eigenvalue weighted by atomic mass is 9.96. The number of nitrogens with one attached hydrogen (secondary N) is 1. The van der Waals surface area contributed by atoms with Crippen LogP contribution in [0, 0.1) is 6.92 Å². The topological polar surface area (TPSA) is 95.5 Å². The monoisotopic (exact) mass is 343 g/mol. The Kier molecular flexibility index (Phi) is 5.02. The number of hydrogen-bond donors (Lipinski definition) is 2. The van der Waals surface area contributed by atoms with E-state index in [1.807, 2.05) is 30.3 Å². The number of carboxylic acids is 1. The van der Waals surface area contributed by atoms with Crippen molar-refractivity contribution in [2.75, 3.05) is 13.1 Å². The summed E-state index contributed by atoms with van der Waals surface area (Å²) in [5.41, 5.74) is 1.59. The number of benzene rings is 1. The van der Waals surface area contributed by atoms with Crippen LogP contribution in [-0.2, 0) is 11.3 Å². The Morgan fingerprint density at radius 2 is 1.96 bits per heavy atom. The van der Waals surface area contributed by atoms with Gasteiger partial charge in [-0.05, 0) is 25.3 Å². The Morgan fingerprint density at radius 1 is 1.28 bits per heavy atom. The van der Waals surface area contributed by atoms with Crippen molar-refractivity contribution in [3.8, 4) is 0 Å². The van der Waals surface area contributed by atoms with Crippen molar-refractivity contribution in [1.82, 2.24) is 14.9 Å². The number of rotatable bonds is 4. The molecule has 1 aromatic heterocycles. The zero-order valence-electron chi connectivity index (χ0n) is 14.1. The molecule has 0 bridgehead atoms. The number of piperidine rings is 1. The van der Waals surface area contributed by atoms with Crippen LogP contribution in [0.15, 0.2) is 30.3 Å². The van der Waals surface area contributed by atoms with E-state index >= 15 is 0 Å². The molecule has 3 rings (SSSR count). The fourth-order valence-corrected chi connectivity index (χ4v) is 3.03. The molecule has 0 aliphatic carbocycles. The summed E-state index contributed by atoms with van der Waals surface area (Å²) in [7, 11) is 0. The number of amides is 1. The highest BCUT2D eigenvalue weighted by atomic mass is 16.6. The fourth-order valence-electron chi connectivity index (χ4n) is 3.03. The van der Waals surface area contributed by atoms with E-state index in [1.54, 1.807) is 11.8 Å². The molecule has 1 amide bonds. The maximum atomic E-state index is 12.2. The van der Waals surface area contributed by atoms with Crippen LogP contribution in [0.2, 0.25) is 0 Å². The normalized spacial score (nSPS) is 15.2. The minimum atomic E-state index is -1.03. The highest BCUT2D eigenvalue weighted by molar-refractivity contribution is 5.86. The molecule has 7 heteroatoms. The number of ether oxygens (including phenoxy) is 1. The van der Waals surface area contributed by atoms with E-state index in [2.05, 4.69) is 9.97 Å². The zero-order chi connectivity index (χ0) is 17.8. The molecular formula is C18H21N3O4. The number of H-pyrrole nitrogens is 1. The summed E-state index contributed by atoms with van der Waals surface area (Å²) < 4.78 is 5.35. The van der Waals surface area contributed by atoms with Gasteiger partial charge in [0.25, 0.3) is 0 Å². The van der Waals surface area contributed by atoms with E-state index in [-0.39, 0.29) is 24.3 Å². The minimum Gasteiger partial charge on any atom is -0.476 e. The number of carboxylic acid groups (broad SMARTS) is 1. The van der Waals surface area contributed by atoms with E-state index < -0.39 is 5.97 Å². The SMILES string of the molecule is Cc1[nH]c(C2CCN(C(=O)OCc3ccccc3)CC2)nc1C(=O)O. The second-order valence-corrected chi connectivity index (χ2v) is 6.20. The number of aromatic nitrogens is 2. The van der Waals surface area contributed by atoms with Crippen molar-refractivity contribution in [3.63, 3.8) is 0 Å². The predicted molar refractivity (Wildman–Crippen MR) is 90.5 cm³/mol. The standard InChI is InChI=1S/C18H21N3O4/c1-12-15(17(22)23)20-16(19-12)14-7-9-21(10-8-14)18(24)25-11-13-5-3-2-4-6-13/h2-6,14H,7-11H2,1H3,(H,19,20)(H,22,23). The third-order valence-electron chi connectivity index (χ3n) is 4.45. The lowest BCUT2D eigenvalue weighted by Gasteiger charge is -2.30. The summed E-state index contributed by atoms with van der Waals surface area (Å²) >= 11 is 0. The van der Waals surface area contributed by atoms with Gasteiger partial charge < -0.3 is 19.7 Å². The predicted octanol–water partition coefficient (Wildman–Crippen LogP) is 2.93. The van der Waals surface area contributed by atoms with Crippen LogP contribution in [-0.4, -0.2) is 45.1 Å².